The Bertz CT molecular complexity index is 704. The van der Waals surface area contributed by atoms with E-state index in [2.05, 4.69) is 5.32 Å². The number of carbonyl (C=O) groups is 2. The smallest absolute Gasteiger partial charge is 0.408 e. The summed E-state index contributed by atoms with van der Waals surface area (Å²) in [4.78, 5) is 23.8. The van der Waals surface area contributed by atoms with Crippen LogP contribution < -0.4 is 5.32 Å². The first-order chi connectivity index (χ1) is 11.6. The fourth-order valence-corrected chi connectivity index (χ4v) is 2.53. The summed E-state index contributed by atoms with van der Waals surface area (Å²) in [5.41, 5.74) is 1.49. The molecule has 0 saturated carbocycles. The lowest BCUT2D eigenvalue weighted by Crippen LogP contribution is -2.45. The van der Waals surface area contributed by atoms with Gasteiger partial charge in [0.15, 0.2) is 12.1 Å². The van der Waals surface area contributed by atoms with Gasteiger partial charge in [-0.1, -0.05) is 60.7 Å². The minimum Gasteiger partial charge on any atom is -0.453 e. The van der Waals surface area contributed by atoms with Crippen LogP contribution in [0.5, 0.6) is 0 Å². The average Bonchev–Trinajstić information content (AvgIpc) is 2.90. The summed E-state index contributed by atoms with van der Waals surface area (Å²) in [6, 6.07) is 16.9. The summed E-state index contributed by atoms with van der Waals surface area (Å²) < 4.78 is 10.2. The minimum absolute atomic E-state index is 0.0760. The van der Waals surface area contributed by atoms with E-state index in [9.17, 15) is 14.7 Å². The maximum absolute atomic E-state index is 11.9. The number of nitrogens with one attached hydrogen (secondary N) is 1. The molecule has 1 fully saturated rings. The van der Waals surface area contributed by atoms with Crippen LogP contribution in [0.15, 0.2) is 60.7 Å². The topological polar surface area (TPSA) is 84.9 Å². The van der Waals surface area contributed by atoms with Crippen LogP contribution in [0.4, 0.5) is 4.79 Å². The van der Waals surface area contributed by atoms with Gasteiger partial charge in [-0.25, -0.2) is 9.59 Å². The van der Waals surface area contributed by atoms with Crippen LogP contribution in [0.25, 0.3) is 0 Å². The van der Waals surface area contributed by atoms with Crippen molar-refractivity contribution >= 4 is 12.1 Å². The van der Waals surface area contributed by atoms with E-state index in [-0.39, 0.29) is 6.61 Å². The molecule has 3 rings (SSSR count). The van der Waals surface area contributed by atoms with E-state index in [1.807, 2.05) is 36.4 Å². The number of carbonyl (C=O) groups excluding carboxylic acids is 2. The van der Waals surface area contributed by atoms with Crippen molar-refractivity contribution in [3.63, 3.8) is 0 Å². The van der Waals surface area contributed by atoms with E-state index in [1.54, 1.807) is 24.3 Å². The van der Waals surface area contributed by atoms with E-state index in [4.69, 9.17) is 9.47 Å². The van der Waals surface area contributed by atoms with Crippen LogP contribution in [0.2, 0.25) is 0 Å². The summed E-state index contributed by atoms with van der Waals surface area (Å²) in [6.07, 6.45) is -2.77. The summed E-state index contributed by atoms with van der Waals surface area (Å²) in [6.45, 7) is 0.0760. The van der Waals surface area contributed by atoms with Crippen molar-refractivity contribution in [3.8, 4) is 0 Å². The quantitative estimate of drug-likeness (QED) is 0.838. The van der Waals surface area contributed by atoms with Crippen molar-refractivity contribution in [1.29, 1.82) is 0 Å². The van der Waals surface area contributed by atoms with Crippen LogP contribution in [-0.4, -0.2) is 29.3 Å². The van der Waals surface area contributed by atoms with Gasteiger partial charge in [0.25, 0.3) is 0 Å². The van der Waals surface area contributed by atoms with Crippen LogP contribution in [0.3, 0.4) is 0 Å². The highest BCUT2D eigenvalue weighted by Gasteiger charge is 2.45. The van der Waals surface area contributed by atoms with Gasteiger partial charge in [0, 0.05) is 0 Å². The molecule has 3 atom stereocenters. The molecule has 2 N–H and O–H groups in total. The van der Waals surface area contributed by atoms with E-state index >= 15 is 0 Å². The Labute approximate surface area is 139 Å². The molecule has 24 heavy (non-hydrogen) atoms. The van der Waals surface area contributed by atoms with Crippen molar-refractivity contribution in [2.24, 2.45) is 0 Å². The molecule has 2 aromatic carbocycles. The van der Waals surface area contributed by atoms with Gasteiger partial charge in [0.05, 0.1) is 0 Å². The van der Waals surface area contributed by atoms with Gasteiger partial charge in [-0.2, -0.15) is 0 Å². The molecule has 0 radical (unpaired) electrons. The number of aliphatic hydroxyl groups excluding tert-OH is 1. The zero-order chi connectivity index (χ0) is 16.9. The van der Waals surface area contributed by atoms with Gasteiger partial charge in [0.2, 0.25) is 0 Å². The monoisotopic (exact) mass is 327 g/mol. The number of hydrogen-bond acceptors (Lipinski definition) is 5. The van der Waals surface area contributed by atoms with Gasteiger partial charge in [0.1, 0.15) is 12.7 Å². The molecule has 0 unspecified atom stereocenters. The van der Waals surface area contributed by atoms with Crippen LogP contribution in [0.1, 0.15) is 17.2 Å². The first kappa shape index (κ1) is 16.0. The third-order valence-electron chi connectivity index (χ3n) is 3.76. The van der Waals surface area contributed by atoms with Crippen LogP contribution in [-0.2, 0) is 20.9 Å². The van der Waals surface area contributed by atoms with Gasteiger partial charge in [-0.15, -0.1) is 0 Å². The maximum Gasteiger partial charge on any atom is 0.408 e. The number of hydrogen-bond donors (Lipinski definition) is 2. The molecule has 0 spiro atoms. The Balaban J connectivity index is 1.58. The number of rotatable bonds is 4. The predicted octanol–water partition coefficient (Wildman–Crippen LogP) is 1.94. The van der Waals surface area contributed by atoms with E-state index in [0.717, 1.165) is 5.56 Å². The van der Waals surface area contributed by atoms with Crippen LogP contribution in [0, 0.1) is 0 Å². The normalized spacial score (nSPS) is 22.7. The minimum atomic E-state index is -1.18. The number of esters is 1. The van der Waals surface area contributed by atoms with Crippen molar-refractivity contribution in [2.45, 2.75) is 24.9 Å². The molecule has 1 aliphatic rings. The molecule has 0 bridgehead atoms. The lowest BCUT2D eigenvalue weighted by molar-refractivity contribution is -0.143. The zero-order valence-corrected chi connectivity index (χ0v) is 12.8. The van der Waals surface area contributed by atoms with Crippen molar-refractivity contribution < 1.29 is 24.2 Å². The Morgan fingerprint density at radius 2 is 1.71 bits per heavy atom. The van der Waals surface area contributed by atoms with Gasteiger partial charge >= 0.3 is 12.1 Å². The Kier molecular flexibility index (Phi) is 4.77. The second kappa shape index (κ2) is 7.14. The summed E-state index contributed by atoms with van der Waals surface area (Å²) in [7, 11) is 0. The number of cyclic esters (lactones) is 1. The van der Waals surface area contributed by atoms with E-state index in [1.165, 1.54) is 0 Å². The standard InChI is InChI=1S/C18H17NO5/c20-15-14(17(21)24-16(15)13-9-5-2-6-10-13)19-18(22)23-11-12-7-3-1-4-8-12/h1-10,14-16,20H,11H2,(H,19,22)/t14-,15+,16+/m0/s1. The Morgan fingerprint density at radius 1 is 1.08 bits per heavy atom. The molecule has 1 aliphatic heterocycles. The van der Waals surface area contributed by atoms with Crippen molar-refractivity contribution in [3.05, 3.63) is 71.8 Å². The SMILES string of the molecule is O=C(N[C@@H]1C(=O)O[C@H](c2ccccc2)[C@@H]1O)OCc1ccccc1. The van der Waals surface area contributed by atoms with Crippen LogP contribution >= 0.6 is 0 Å². The molecular formula is C18H17NO5. The van der Waals surface area contributed by atoms with Crippen molar-refractivity contribution in [1.82, 2.24) is 5.32 Å². The highest BCUT2D eigenvalue weighted by Crippen LogP contribution is 2.30. The second-order valence-electron chi connectivity index (χ2n) is 5.44. The Morgan fingerprint density at radius 3 is 2.38 bits per heavy atom. The average molecular weight is 327 g/mol. The number of alkyl carbamates (subject to hydrolysis) is 1. The lowest BCUT2D eigenvalue weighted by Gasteiger charge is -2.16. The molecule has 0 aliphatic carbocycles. The molecule has 6 nitrogen and oxygen atoms in total. The molecule has 1 saturated heterocycles. The number of benzene rings is 2. The Hall–Kier alpha value is -2.86. The van der Waals surface area contributed by atoms with Crippen molar-refractivity contribution in [2.75, 3.05) is 0 Å². The highest BCUT2D eigenvalue weighted by atomic mass is 16.6. The molecule has 0 aromatic heterocycles. The molecule has 1 amide bonds. The first-order valence-electron chi connectivity index (χ1n) is 7.56. The fourth-order valence-electron chi connectivity index (χ4n) is 2.53. The molecule has 6 heteroatoms. The predicted molar refractivity (Wildman–Crippen MR) is 84.8 cm³/mol. The molecular weight excluding hydrogens is 310 g/mol. The maximum atomic E-state index is 11.9. The summed E-state index contributed by atoms with van der Waals surface area (Å²) >= 11 is 0. The van der Waals surface area contributed by atoms with E-state index < -0.39 is 30.3 Å². The number of aliphatic hydroxyl groups is 1. The molecule has 1 heterocycles. The van der Waals surface area contributed by atoms with Gasteiger partial charge in [-0.3, -0.25) is 0 Å². The number of ether oxygens (including phenoxy) is 2. The summed E-state index contributed by atoms with van der Waals surface area (Å²) in [5, 5.41) is 12.7. The fraction of sp³-hybridized carbons (Fsp3) is 0.222. The zero-order valence-electron chi connectivity index (χ0n) is 12.8. The summed E-state index contributed by atoms with van der Waals surface area (Å²) in [5.74, 6) is -0.687. The second-order valence-corrected chi connectivity index (χ2v) is 5.44. The van der Waals surface area contributed by atoms with Gasteiger partial charge < -0.3 is 19.9 Å². The number of amides is 1. The third kappa shape index (κ3) is 3.55. The molecule has 2 aromatic rings. The largest absolute Gasteiger partial charge is 0.453 e. The van der Waals surface area contributed by atoms with Gasteiger partial charge in [-0.05, 0) is 11.1 Å². The third-order valence-corrected chi connectivity index (χ3v) is 3.76. The first-order valence-corrected chi connectivity index (χ1v) is 7.56. The van der Waals surface area contributed by atoms with E-state index in [0.29, 0.717) is 5.56 Å². The molecule has 124 valence electrons. The highest BCUT2D eigenvalue weighted by molar-refractivity contribution is 5.84. The lowest BCUT2D eigenvalue weighted by atomic mass is 10.0.